The molecule has 0 aliphatic carbocycles. The number of hydrogen-bond donors (Lipinski definition) is 1. The number of carbonyl (C=O) groups excluding carboxylic acids is 4. The van der Waals surface area contributed by atoms with E-state index in [9.17, 15) is 19.2 Å². The SMILES string of the molecule is COC(=O)Cn1cc(/C=C2\C(=O)NC(=O)N(c3cccc(Cl)c3)C2=O)c2ccccc21. The number of rotatable bonds is 4. The van der Waals surface area contributed by atoms with Gasteiger partial charge in [-0.2, -0.15) is 0 Å². The molecule has 4 amide bonds. The van der Waals surface area contributed by atoms with Gasteiger partial charge in [0, 0.05) is 27.7 Å². The van der Waals surface area contributed by atoms with Crippen LogP contribution in [0.2, 0.25) is 5.02 Å². The Bertz CT molecular complexity index is 1280. The zero-order chi connectivity index (χ0) is 22.1. The Morgan fingerprint density at radius 2 is 1.90 bits per heavy atom. The third kappa shape index (κ3) is 3.80. The zero-order valence-corrected chi connectivity index (χ0v) is 17.1. The lowest BCUT2D eigenvalue weighted by molar-refractivity contribution is -0.141. The first kappa shape index (κ1) is 20.4. The molecular weight excluding hydrogens is 422 g/mol. The number of imide groups is 2. The Kier molecular flexibility index (Phi) is 5.31. The number of amides is 4. The van der Waals surface area contributed by atoms with Gasteiger partial charge in [0.25, 0.3) is 11.8 Å². The number of urea groups is 1. The molecule has 0 spiro atoms. The van der Waals surface area contributed by atoms with Gasteiger partial charge in [0.1, 0.15) is 12.1 Å². The first-order chi connectivity index (χ1) is 14.9. The molecule has 1 aromatic heterocycles. The largest absolute Gasteiger partial charge is 0.468 e. The van der Waals surface area contributed by atoms with E-state index in [0.29, 0.717) is 10.6 Å². The fraction of sp³-hybridized carbons (Fsp3) is 0.0909. The van der Waals surface area contributed by atoms with Crippen molar-refractivity contribution in [3.05, 3.63) is 70.9 Å². The highest BCUT2D eigenvalue weighted by molar-refractivity contribution is 6.39. The summed E-state index contributed by atoms with van der Waals surface area (Å²) in [6.45, 7) is -0.0343. The summed E-state index contributed by atoms with van der Waals surface area (Å²) in [5.41, 5.74) is 1.28. The number of nitrogens with one attached hydrogen (secondary N) is 1. The predicted molar refractivity (Wildman–Crippen MR) is 114 cm³/mol. The van der Waals surface area contributed by atoms with Crippen LogP contribution in [0.25, 0.3) is 17.0 Å². The van der Waals surface area contributed by atoms with E-state index >= 15 is 0 Å². The molecule has 0 saturated carbocycles. The van der Waals surface area contributed by atoms with E-state index in [0.717, 1.165) is 15.8 Å². The molecule has 2 aromatic carbocycles. The van der Waals surface area contributed by atoms with Crippen molar-refractivity contribution in [2.24, 2.45) is 0 Å². The van der Waals surface area contributed by atoms with Crippen LogP contribution in [-0.4, -0.2) is 35.5 Å². The number of barbiturate groups is 1. The molecule has 1 aliphatic heterocycles. The van der Waals surface area contributed by atoms with Crippen LogP contribution in [0.4, 0.5) is 10.5 Å². The summed E-state index contributed by atoms with van der Waals surface area (Å²) < 4.78 is 6.40. The summed E-state index contributed by atoms with van der Waals surface area (Å²) >= 11 is 5.98. The number of methoxy groups -OCH3 is 1. The molecule has 0 radical (unpaired) electrons. The number of para-hydroxylation sites is 1. The van der Waals surface area contributed by atoms with Gasteiger partial charge in [-0.05, 0) is 30.3 Å². The van der Waals surface area contributed by atoms with Crippen LogP contribution in [0.3, 0.4) is 0 Å². The number of esters is 1. The first-order valence-electron chi connectivity index (χ1n) is 9.21. The van der Waals surface area contributed by atoms with Crippen LogP contribution in [0.1, 0.15) is 5.56 Å². The van der Waals surface area contributed by atoms with Gasteiger partial charge in [-0.3, -0.25) is 19.7 Å². The van der Waals surface area contributed by atoms with Gasteiger partial charge in [0.2, 0.25) is 0 Å². The number of nitrogens with zero attached hydrogens (tertiary/aromatic N) is 2. The summed E-state index contributed by atoms with van der Waals surface area (Å²) in [5.74, 6) is -2.02. The predicted octanol–water partition coefficient (Wildman–Crippen LogP) is 3.13. The number of hydrogen-bond acceptors (Lipinski definition) is 5. The van der Waals surface area contributed by atoms with Gasteiger partial charge in [0.05, 0.1) is 12.8 Å². The highest BCUT2D eigenvalue weighted by atomic mass is 35.5. The number of fused-ring (bicyclic) bond motifs is 1. The minimum Gasteiger partial charge on any atom is -0.468 e. The second-order valence-electron chi connectivity index (χ2n) is 6.74. The Hall–Kier alpha value is -3.91. The molecule has 1 saturated heterocycles. The van der Waals surface area contributed by atoms with Crippen LogP contribution >= 0.6 is 11.6 Å². The Balaban J connectivity index is 1.79. The van der Waals surface area contributed by atoms with E-state index in [1.54, 1.807) is 41.1 Å². The van der Waals surface area contributed by atoms with E-state index in [1.807, 2.05) is 12.1 Å². The average molecular weight is 438 g/mol. The number of benzene rings is 2. The van der Waals surface area contributed by atoms with E-state index in [4.69, 9.17) is 16.3 Å². The van der Waals surface area contributed by atoms with Crippen LogP contribution < -0.4 is 10.2 Å². The van der Waals surface area contributed by atoms with Crippen LogP contribution in [0.15, 0.2) is 60.3 Å². The lowest BCUT2D eigenvalue weighted by atomic mass is 10.1. The van der Waals surface area contributed by atoms with Crippen molar-refractivity contribution in [2.75, 3.05) is 12.0 Å². The number of carbonyl (C=O) groups is 4. The Morgan fingerprint density at radius 1 is 1.13 bits per heavy atom. The van der Waals surface area contributed by atoms with Gasteiger partial charge in [-0.15, -0.1) is 0 Å². The maximum absolute atomic E-state index is 13.1. The van der Waals surface area contributed by atoms with Crippen molar-refractivity contribution in [1.82, 2.24) is 9.88 Å². The van der Waals surface area contributed by atoms with Gasteiger partial charge in [0.15, 0.2) is 0 Å². The summed E-state index contributed by atoms with van der Waals surface area (Å²) in [6.07, 6.45) is 3.05. The molecule has 1 aliphatic rings. The van der Waals surface area contributed by atoms with Gasteiger partial charge in [-0.1, -0.05) is 35.9 Å². The van der Waals surface area contributed by atoms with Crippen LogP contribution in [0.5, 0.6) is 0 Å². The zero-order valence-electron chi connectivity index (χ0n) is 16.3. The maximum atomic E-state index is 13.1. The summed E-state index contributed by atoms with van der Waals surface area (Å²) in [4.78, 5) is 50.5. The monoisotopic (exact) mass is 437 g/mol. The molecule has 8 nitrogen and oxygen atoms in total. The third-order valence-corrected chi connectivity index (χ3v) is 5.05. The number of halogens is 1. The maximum Gasteiger partial charge on any atom is 0.335 e. The van der Waals surface area contributed by atoms with Gasteiger partial charge in [-0.25, -0.2) is 9.69 Å². The number of ether oxygens (including phenoxy) is 1. The summed E-state index contributed by atoms with van der Waals surface area (Å²) in [6, 6.07) is 12.6. The molecule has 156 valence electrons. The van der Waals surface area contributed by atoms with Crippen molar-refractivity contribution >= 4 is 58.1 Å². The molecule has 3 aromatic rings. The molecule has 0 bridgehead atoms. The second kappa shape index (κ2) is 8.08. The fourth-order valence-electron chi connectivity index (χ4n) is 3.39. The van der Waals surface area contributed by atoms with Gasteiger partial charge < -0.3 is 9.30 Å². The Morgan fingerprint density at radius 3 is 2.65 bits per heavy atom. The first-order valence-corrected chi connectivity index (χ1v) is 9.58. The van der Waals surface area contributed by atoms with E-state index in [2.05, 4.69) is 5.32 Å². The van der Waals surface area contributed by atoms with Crippen LogP contribution in [-0.2, 0) is 25.7 Å². The summed E-state index contributed by atoms with van der Waals surface area (Å²) in [5, 5.41) is 3.25. The molecular formula is C22H16ClN3O5. The molecule has 2 heterocycles. The van der Waals surface area contributed by atoms with E-state index in [-0.39, 0.29) is 17.8 Å². The molecule has 0 unspecified atom stereocenters. The van der Waals surface area contributed by atoms with E-state index in [1.165, 1.54) is 19.3 Å². The van der Waals surface area contributed by atoms with Crippen molar-refractivity contribution < 1.29 is 23.9 Å². The van der Waals surface area contributed by atoms with Crippen molar-refractivity contribution in [3.8, 4) is 0 Å². The van der Waals surface area contributed by atoms with Crippen LogP contribution in [0, 0.1) is 0 Å². The second-order valence-corrected chi connectivity index (χ2v) is 7.18. The smallest absolute Gasteiger partial charge is 0.335 e. The van der Waals surface area contributed by atoms with Crippen molar-refractivity contribution in [3.63, 3.8) is 0 Å². The average Bonchev–Trinajstić information content (AvgIpc) is 3.08. The van der Waals surface area contributed by atoms with Crippen molar-refractivity contribution in [2.45, 2.75) is 6.54 Å². The molecule has 1 N–H and O–H groups in total. The molecule has 1 fully saturated rings. The topological polar surface area (TPSA) is 97.7 Å². The quantitative estimate of drug-likeness (QED) is 0.384. The lowest BCUT2D eigenvalue weighted by Gasteiger charge is -2.26. The van der Waals surface area contributed by atoms with Gasteiger partial charge >= 0.3 is 12.0 Å². The number of anilines is 1. The number of aromatic nitrogens is 1. The lowest BCUT2D eigenvalue weighted by Crippen LogP contribution is -2.54. The Labute approximate surface area is 181 Å². The minimum absolute atomic E-state index is 0.0343. The van der Waals surface area contributed by atoms with E-state index < -0.39 is 23.8 Å². The third-order valence-electron chi connectivity index (χ3n) is 4.81. The molecule has 9 heteroatoms. The highest BCUT2D eigenvalue weighted by Crippen LogP contribution is 2.27. The fourth-order valence-corrected chi connectivity index (χ4v) is 3.57. The van der Waals surface area contributed by atoms with Crippen molar-refractivity contribution in [1.29, 1.82) is 0 Å². The highest BCUT2D eigenvalue weighted by Gasteiger charge is 2.37. The normalized spacial score (nSPS) is 15.5. The standard InChI is InChI=1S/C22H16ClN3O5/c1-31-19(27)12-25-11-13(16-7-2-3-8-18(16)25)9-17-20(28)24-22(30)26(21(17)29)15-6-4-5-14(23)10-15/h2-11H,12H2,1H3,(H,24,28,30)/b17-9+. The molecule has 31 heavy (non-hydrogen) atoms. The minimum atomic E-state index is -0.859. The molecule has 4 rings (SSSR count). The summed E-state index contributed by atoms with van der Waals surface area (Å²) in [7, 11) is 1.30. The molecule has 0 atom stereocenters.